The van der Waals surface area contributed by atoms with Gasteiger partial charge in [0.2, 0.25) is 0 Å². The monoisotopic (exact) mass is 548 g/mol. The zero-order valence-electron chi connectivity index (χ0n) is 21.7. The molecule has 0 spiro atoms. The van der Waals surface area contributed by atoms with Crippen molar-refractivity contribution in [2.24, 2.45) is 5.92 Å². The fraction of sp³-hybridized carbons (Fsp3) is 0.379. The third-order valence-electron chi connectivity index (χ3n) is 7.91. The van der Waals surface area contributed by atoms with Gasteiger partial charge in [0.1, 0.15) is 12.0 Å². The maximum Gasteiger partial charge on any atom is 0.333 e. The van der Waals surface area contributed by atoms with Crippen molar-refractivity contribution in [1.82, 2.24) is 24.4 Å². The van der Waals surface area contributed by atoms with Crippen LogP contribution in [0.1, 0.15) is 41.7 Å². The van der Waals surface area contributed by atoms with Gasteiger partial charge < -0.3 is 10.2 Å². The fourth-order valence-corrected chi connectivity index (χ4v) is 5.85. The second-order valence-corrected chi connectivity index (χ2v) is 11.0. The molecule has 4 aromatic rings. The van der Waals surface area contributed by atoms with Crippen LogP contribution in [0.5, 0.6) is 0 Å². The van der Waals surface area contributed by atoms with E-state index in [1.807, 2.05) is 45.9 Å². The molecule has 0 radical (unpaired) electrons. The first-order valence-electron chi connectivity index (χ1n) is 13.4. The molecular formula is C29H30ClFN6O2. The lowest BCUT2D eigenvalue weighted by Gasteiger charge is -2.35. The highest BCUT2D eigenvalue weighted by Crippen LogP contribution is 2.28. The van der Waals surface area contributed by atoms with Crippen LogP contribution in [0.3, 0.4) is 0 Å². The zero-order chi connectivity index (χ0) is 27.1. The molecule has 4 heterocycles. The molecule has 1 aliphatic carbocycles. The molecule has 10 heteroatoms. The summed E-state index contributed by atoms with van der Waals surface area (Å²) in [4.78, 5) is 37.0. The molecule has 3 aromatic heterocycles. The number of aromatic nitrogens is 4. The van der Waals surface area contributed by atoms with E-state index in [0.717, 1.165) is 42.5 Å². The number of rotatable bonds is 6. The Labute approximate surface area is 230 Å². The van der Waals surface area contributed by atoms with E-state index in [9.17, 15) is 14.0 Å². The fourth-order valence-electron chi connectivity index (χ4n) is 5.69. The van der Waals surface area contributed by atoms with Crippen molar-refractivity contribution >= 4 is 34.4 Å². The van der Waals surface area contributed by atoms with E-state index in [0.29, 0.717) is 47.5 Å². The van der Waals surface area contributed by atoms with Crippen LogP contribution in [-0.4, -0.2) is 50.3 Å². The summed E-state index contributed by atoms with van der Waals surface area (Å²) in [5.74, 6) is 0.892. The van der Waals surface area contributed by atoms with E-state index in [1.165, 1.54) is 0 Å². The predicted octanol–water partition coefficient (Wildman–Crippen LogP) is 4.69. The van der Waals surface area contributed by atoms with Crippen LogP contribution in [0.2, 0.25) is 5.02 Å². The normalized spacial score (nSPS) is 19.7. The first kappa shape index (κ1) is 25.6. The molecule has 1 saturated carbocycles. The Hall–Kier alpha value is -3.72. The lowest BCUT2D eigenvalue weighted by molar-refractivity contribution is 0.0919. The Morgan fingerprint density at radius 3 is 2.49 bits per heavy atom. The molecule has 0 bridgehead atoms. The average Bonchev–Trinajstić information content (AvgIpc) is 3.20. The molecule has 6 rings (SSSR count). The number of pyridine rings is 2. The second kappa shape index (κ2) is 10.4. The summed E-state index contributed by atoms with van der Waals surface area (Å²) >= 11 is 6.04. The van der Waals surface area contributed by atoms with Crippen molar-refractivity contribution < 1.29 is 9.18 Å². The summed E-state index contributed by atoms with van der Waals surface area (Å²) in [6.45, 7) is 3.12. The molecule has 1 amide bonds. The second-order valence-electron chi connectivity index (χ2n) is 10.6. The van der Waals surface area contributed by atoms with Gasteiger partial charge in [-0.15, -0.1) is 0 Å². The number of carbonyl (C=O) groups excluding carboxylic acids is 1. The van der Waals surface area contributed by atoms with Crippen molar-refractivity contribution in [1.29, 1.82) is 0 Å². The molecule has 0 atom stereocenters. The summed E-state index contributed by atoms with van der Waals surface area (Å²) in [5.41, 5.74) is 3.46. The number of nitrogens with one attached hydrogen (secondary N) is 1. The van der Waals surface area contributed by atoms with Crippen molar-refractivity contribution in [3.63, 3.8) is 0 Å². The molecule has 1 N–H and O–H groups in total. The maximum atomic E-state index is 13.7. The number of halogens is 2. The third-order valence-corrected chi connectivity index (χ3v) is 8.11. The van der Waals surface area contributed by atoms with Gasteiger partial charge in [-0.05, 0) is 68.9 Å². The van der Waals surface area contributed by atoms with E-state index < -0.39 is 6.17 Å². The number of hydrogen-bond acceptors (Lipinski definition) is 5. The highest BCUT2D eigenvalue weighted by atomic mass is 35.5. The van der Waals surface area contributed by atoms with E-state index in [4.69, 9.17) is 11.6 Å². The summed E-state index contributed by atoms with van der Waals surface area (Å²) in [7, 11) is 0. The minimum atomic E-state index is -0.803. The van der Waals surface area contributed by atoms with E-state index in [-0.39, 0.29) is 17.6 Å². The van der Waals surface area contributed by atoms with Gasteiger partial charge in [-0.3, -0.25) is 18.9 Å². The van der Waals surface area contributed by atoms with Crippen molar-refractivity contribution in [2.75, 3.05) is 18.0 Å². The van der Waals surface area contributed by atoms with Gasteiger partial charge in [0.05, 0.1) is 52.3 Å². The molecule has 1 aliphatic heterocycles. The molecule has 202 valence electrons. The van der Waals surface area contributed by atoms with Crippen LogP contribution in [0.15, 0.2) is 59.7 Å². The Balaban J connectivity index is 1.16. The van der Waals surface area contributed by atoms with Gasteiger partial charge in [-0.2, -0.15) is 0 Å². The number of para-hydroxylation sites is 2. The van der Waals surface area contributed by atoms with Crippen LogP contribution >= 0.6 is 11.6 Å². The quantitative estimate of drug-likeness (QED) is 0.378. The number of benzene rings is 1. The van der Waals surface area contributed by atoms with E-state index >= 15 is 0 Å². The molecule has 39 heavy (non-hydrogen) atoms. The number of imidazole rings is 1. The lowest BCUT2D eigenvalue weighted by atomic mass is 9.85. The van der Waals surface area contributed by atoms with Crippen molar-refractivity contribution in [2.45, 2.75) is 51.4 Å². The number of hydrogen-bond donors (Lipinski definition) is 1. The van der Waals surface area contributed by atoms with E-state index in [2.05, 4.69) is 15.3 Å². The van der Waals surface area contributed by atoms with Crippen LogP contribution in [0, 0.1) is 12.8 Å². The van der Waals surface area contributed by atoms with Crippen LogP contribution in [0.25, 0.3) is 16.7 Å². The number of carbonyl (C=O) groups is 1. The molecule has 2 aliphatic rings. The van der Waals surface area contributed by atoms with Gasteiger partial charge in [0.25, 0.3) is 5.91 Å². The number of aryl methyl sites for hydroxylation is 1. The SMILES string of the molecule is Cc1ncc(Cl)cc1C(=O)NC1CCC(Cn2c(=O)n(-c3ccc(N4CC(F)C4)nc3)c3ccccc32)CC1. The van der Waals surface area contributed by atoms with Crippen molar-refractivity contribution in [3.05, 3.63) is 81.6 Å². The Morgan fingerprint density at radius 1 is 1.05 bits per heavy atom. The average molecular weight is 549 g/mol. The van der Waals surface area contributed by atoms with Gasteiger partial charge in [-0.25, -0.2) is 14.2 Å². The Kier molecular flexibility index (Phi) is 6.85. The first-order valence-corrected chi connectivity index (χ1v) is 13.7. The minimum Gasteiger partial charge on any atom is -0.351 e. The first-order chi connectivity index (χ1) is 18.9. The molecule has 2 fully saturated rings. The summed E-state index contributed by atoms with van der Waals surface area (Å²) in [6, 6.07) is 13.2. The zero-order valence-corrected chi connectivity index (χ0v) is 22.4. The molecule has 1 aromatic carbocycles. The lowest BCUT2D eigenvalue weighted by Crippen LogP contribution is -2.48. The van der Waals surface area contributed by atoms with Gasteiger partial charge in [0.15, 0.2) is 0 Å². The standard InChI is InChI=1S/C29H30ClFN6O2/c1-18-24(12-20(30)13-32-18)28(38)34-22-8-6-19(7-9-22)15-36-25-4-2-3-5-26(25)37(29(36)39)23-10-11-27(33-14-23)35-16-21(31)17-35/h2-5,10-14,19,21-22H,6-9,15-17H2,1H3,(H,34,38). The van der Waals surface area contributed by atoms with Crippen molar-refractivity contribution in [3.8, 4) is 5.69 Å². The van der Waals surface area contributed by atoms with Gasteiger partial charge in [0, 0.05) is 18.8 Å². The smallest absolute Gasteiger partial charge is 0.333 e. The Morgan fingerprint density at radius 2 is 1.79 bits per heavy atom. The molecule has 1 saturated heterocycles. The molecule has 8 nitrogen and oxygen atoms in total. The van der Waals surface area contributed by atoms with Gasteiger partial charge in [-0.1, -0.05) is 23.7 Å². The third kappa shape index (κ3) is 5.03. The Bertz CT molecular complexity index is 1570. The highest BCUT2D eigenvalue weighted by Gasteiger charge is 2.28. The van der Waals surface area contributed by atoms with Gasteiger partial charge >= 0.3 is 5.69 Å². The summed E-state index contributed by atoms with van der Waals surface area (Å²) in [5, 5.41) is 3.58. The maximum absolute atomic E-state index is 13.7. The number of nitrogens with zero attached hydrogens (tertiary/aromatic N) is 5. The summed E-state index contributed by atoms with van der Waals surface area (Å²) in [6.07, 6.45) is 5.93. The molecule has 0 unspecified atom stereocenters. The number of alkyl halides is 1. The highest BCUT2D eigenvalue weighted by molar-refractivity contribution is 6.30. The van der Waals surface area contributed by atoms with E-state index in [1.54, 1.807) is 30.0 Å². The number of fused-ring (bicyclic) bond motifs is 1. The topological polar surface area (TPSA) is 85.0 Å². The van der Waals surface area contributed by atoms with Crippen LogP contribution in [0.4, 0.5) is 10.2 Å². The van der Waals surface area contributed by atoms with Crippen LogP contribution < -0.4 is 15.9 Å². The number of amides is 1. The van der Waals surface area contributed by atoms with Crippen LogP contribution in [-0.2, 0) is 6.54 Å². The largest absolute Gasteiger partial charge is 0.351 e. The molecular weight excluding hydrogens is 519 g/mol. The summed E-state index contributed by atoms with van der Waals surface area (Å²) < 4.78 is 16.8. The predicted molar refractivity (Wildman–Crippen MR) is 150 cm³/mol. The number of anilines is 1. The minimum absolute atomic E-state index is 0.0777.